The standard InChI is InChI=1S/C22H22F3N3O5S/c1-2-20(29)26-18-6-8-19(9-7-18)34(31,32)28-12-10-27(11-13-28)21(30)33-15-16-4-3-5-17(14-16)22(23,24)25/h2-9,14H,1,10-13,15H2,(H,26,29). The Labute approximate surface area is 194 Å². The highest BCUT2D eigenvalue weighted by atomic mass is 32.2. The second-order valence-corrected chi connectivity index (χ2v) is 9.30. The zero-order chi connectivity index (χ0) is 24.9. The van der Waals surface area contributed by atoms with Crippen molar-refractivity contribution in [1.29, 1.82) is 0 Å². The van der Waals surface area contributed by atoms with Gasteiger partial charge >= 0.3 is 12.3 Å². The first-order chi connectivity index (χ1) is 16.0. The molecule has 0 radical (unpaired) electrons. The molecular formula is C22H22F3N3O5S. The molecule has 34 heavy (non-hydrogen) atoms. The van der Waals surface area contributed by atoms with E-state index in [0.29, 0.717) is 5.69 Å². The van der Waals surface area contributed by atoms with Crippen LogP contribution < -0.4 is 5.32 Å². The number of alkyl halides is 3. The number of nitrogens with one attached hydrogen (secondary N) is 1. The highest BCUT2D eigenvalue weighted by Gasteiger charge is 2.32. The number of carbonyl (C=O) groups excluding carboxylic acids is 2. The Morgan fingerprint density at radius 3 is 2.29 bits per heavy atom. The lowest BCUT2D eigenvalue weighted by molar-refractivity contribution is -0.137. The zero-order valence-electron chi connectivity index (χ0n) is 17.9. The molecular weight excluding hydrogens is 475 g/mol. The first-order valence-corrected chi connectivity index (χ1v) is 11.6. The van der Waals surface area contributed by atoms with Gasteiger partial charge in [-0.15, -0.1) is 0 Å². The van der Waals surface area contributed by atoms with Crippen LogP contribution in [0.25, 0.3) is 0 Å². The van der Waals surface area contributed by atoms with E-state index < -0.39 is 33.8 Å². The van der Waals surface area contributed by atoms with Gasteiger partial charge in [0, 0.05) is 31.9 Å². The van der Waals surface area contributed by atoms with Crippen molar-refractivity contribution in [2.24, 2.45) is 0 Å². The number of hydrogen-bond acceptors (Lipinski definition) is 5. The summed E-state index contributed by atoms with van der Waals surface area (Å²) in [5, 5.41) is 2.52. The van der Waals surface area contributed by atoms with Crippen LogP contribution in [0.2, 0.25) is 0 Å². The van der Waals surface area contributed by atoms with Crippen molar-refractivity contribution >= 4 is 27.7 Å². The molecule has 0 saturated carbocycles. The summed E-state index contributed by atoms with van der Waals surface area (Å²) in [5.74, 6) is -0.424. The maximum atomic E-state index is 12.9. The fraction of sp³-hybridized carbons (Fsp3) is 0.273. The molecule has 0 aliphatic carbocycles. The van der Waals surface area contributed by atoms with Crippen molar-refractivity contribution in [3.8, 4) is 0 Å². The third-order valence-corrected chi connectivity index (χ3v) is 6.97. The average molecular weight is 497 g/mol. The number of rotatable bonds is 6. The van der Waals surface area contributed by atoms with Gasteiger partial charge in [-0.25, -0.2) is 13.2 Å². The molecule has 2 aromatic rings. The predicted molar refractivity (Wildman–Crippen MR) is 117 cm³/mol. The topological polar surface area (TPSA) is 96.0 Å². The largest absolute Gasteiger partial charge is 0.445 e. The summed E-state index contributed by atoms with van der Waals surface area (Å²) >= 11 is 0. The number of benzene rings is 2. The van der Waals surface area contributed by atoms with E-state index in [-0.39, 0.29) is 43.2 Å². The van der Waals surface area contributed by atoms with E-state index in [1.807, 2.05) is 0 Å². The van der Waals surface area contributed by atoms with E-state index in [1.165, 1.54) is 45.6 Å². The summed E-state index contributed by atoms with van der Waals surface area (Å²) in [6.07, 6.45) is -4.15. The van der Waals surface area contributed by atoms with Gasteiger partial charge in [-0.1, -0.05) is 18.7 Å². The molecule has 1 aliphatic rings. The van der Waals surface area contributed by atoms with Crippen LogP contribution in [0.5, 0.6) is 0 Å². The molecule has 0 bridgehead atoms. The third kappa shape index (κ3) is 6.14. The quantitative estimate of drug-likeness (QED) is 0.617. The van der Waals surface area contributed by atoms with Gasteiger partial charge in [0.15, 0.2) is 0 Å². The number of piperazine rings is 1. The molecule has 182 valence electrons. The minimum atomic E-state index is -4.50. The molecule has 0 unspecified atom stereocenters. The minimum Gasteiger partial charge on any atom is -0.445 e. The molecule has 0 atom stereocenters. The fourth-order valence-corrected chi connectivity index (χ4v) is 4.66. The molecule has 1 fully saturated rings. The second-order valence-electron chi connectivity index (χ2n) is 7.36. The number of amides is 2. The van der Waals surface area contributed by atoms with Gasteiger partial charge in [0.05, 0.1) is 10.5 Å². The second kappa shape index (κ2) is 10.3. The first kappa shape index (κ1) is 25.2. The normalized spacial score (nSPS) is 15.0. The van der Waals surface area contributed by atoms with Gasteiger partial charge in [-0.05, 0) is 48.0 Å². The summed E-state index contributed by atoms with van der Waals surface area (Å²) in [5.41, 5.74) is -0.231. The molecule has 3 rings (SSSR count). The van der Waals surface area contributed by atoms with Crippen LogP contribution in [0.15, 0.2) is 66.1 Å². The van der Waals surface area contributed by atoms with Gasteiger partial charge in [-0.3, -0.25) is 4.79 Å². The average Bonchev–Trinajstić information content (AvgIpc) is 2.82. The highest BCUT2D eigenvalue weighted by molar-refractivity contribution is 7.89. The lowest BCUT2D eigenvalue weighted by Gasteiger charge is -2.33. The molecule has 1 aliphatic heterocycles. The monoisotopic (exact) mass is 497 g/mol. The van der Waals surface area contributed by atoms with Crippen molar-refractivity contribution < 1.29 is 35.9 Å². The fourth-order valence-electron chi connectivity index (χ4n) is 3.24. The van der Waals surface area contributed by atoms with Gasteiger partial charge in [0.1, 0.15) is 6.61 Å². The number of sulfonamides is 1. The maximum absolute atomic E-state index is 12.9. The summed E-state index contributed by atoms with van der Waals surface area (Å²) in [6, 6.07) is 10.1. The number of ether oxygens (including phenoxy) is 1. The third-order valence-electron chi connectivity index (χ3n) is 5.06. The van der Waals surface area contributed by atoms with E-state index in [2.05, 4.69) is 11.9 Å². The van der Waals surface area contributed by atoms with Gasteiger partial charge in [0.25, 0.3) is 0 Å². The van der Waals surface area contributed by atoms with E-state index >= 15 is 0 Å². The smallest absolute Gasteiger partial charge is 0.416 e. The molecule has 2 amide bonds. The molecule has 1 saturated heterocycles. The van der Waals surface area contributed by atoms with Crippen molar-refractivity contribution in [1.82, 2.24) is 9.21 Å². The Hall–Kier alpha value is -3.38. The van der Waals surface area contributed by atoms with E-state index in [4.69, 9.17) is 4.74 Å². The number of anilines is 1. The molecule has 0 spiro atoms. The molecule has 2 aromatic carbocycles. The summed E-state index contributed by atoms with van der Waals surface area (Å²) in [4.78, 5) is 25.0. The minimum absolute atomic E-state index is 0.0238. The van der Waals surface area contributed by atoms with Crippen LogP contribution in [0, 0.1) is 0 Å². The van der Waals surface area contributed by atoms with E-state index in [0.717, 1.165) is 18.2 Å². The molecule has 8 nitrogen and oxygen atoms in total. The molecule has 1 heterocycles. The van der Waals surface area contributed by atoms with Crippen LogP contribution in [-0.4, -0.2) is 55.8 Å². The van der Waals surface area contributed by atoms with E-state index in [9.17, 15) is 31.2 Å². The Morgan fingerprint density at radius 2 is 1.71 bits per heavy atom. The molecule has 1 N–H and O–H groups in total. The van der Waals surface area contributed by atoms with Gasteiger partial charge in [-0.2, -0.15) is 17.5 Å². The van der Waals surface area contributed by atoms with Crippen molar-refractivity contribution in [3.05, 3.63) is 72.3 Å². The van der Waals surface area contributed by atoms with Crippen LogP contribution >= 0.6 is 0 Å². The number of carbonyl (C=O) groups is 2. The number of hydrogen-bond donors (Lipinski definition) is 1. The van der Waals surface area contributed by atoms with Crippen LogP contribution in [0.4, 0.5) is 23.7 Å². The Balaban J connectivity index is 1.54. The maximum Gasteiger partial charge on any atom is 0.416 e. The predicted octanol–water partition coefficient (Wildman–Crippen LogP) is 3.47. The van der Waals surface area contributed by atoms with Gasteiger partial charge < -0.3 is 15.0 Å². The lowest BCUT2D eigenvalue weighted by atomic mass is 10.1. The van der Waals surface area contributed by atoms with Gasteiger partial charge in [0.2, 0.25) is 15.9 Å². The zero-order valence-corrected chi connectivity index (χ0v) is 18.7. The summed E-state index contributed by atoms with van der Waals surface area (Å²) < 4.78 is 70.5. The molecule has 0 aromatic heterocycles. The van der Waals surface area contributed by atoms with Crippen LogP contribution in [0.3, 0.4) is 0 Å². The first-order valence-electron chi connectivity index (χ1n) is 10.1. The van der Waals surface area contributed by atoms with Crippen LogP contribution in [0.1, 0.15) is 11.1 Å². The Bertz CT molecular complexity index is 1160. The van der Waals surface area contributed by atoms with E-state index in [1.54, 1.807) is 0 Å². The molecule has 12 heteroatoms. The Kier molecular flexibility index (Phi) is 7.62. The number of nitrogens with zero attached hydrogens (tertiary/aromatic N) is 2. The van der Waals surface area contributed by atoms with Crippen LogP contribution in [-0.2, 0) is 32.3 Å². The number of halogens is 3. The Morgan fingerprint density at radius 1 is 1.06 bits per heavy atom. The summed E-state index contributed by atoms with van der Waals surface area (Å²) in [6.45, 7) is 3.18. The van der Waals surface area contributed by atoms with Crippen molar-refractivity contribution in [3.63, 3.8) is 0 Å². The lowest BCUT2D eigenvalue weighted by Crippen LogP contribution is -2.50. The van der Waals surface area contributed by atoms with Crippen molar-refractivity contribution in [2.45, 2.75) is 17.7 Å². The SMILES string of the molecule is C=CC(=O)Nc1ccc(S(=O)(=O)N2CCN(C(=O)OCc3cccc(C(F)(F)F)c3)CC2)cc1. The highest BCUT2D eigenvalue weighted by Crippen LogP contribution is 2.29. The van der Waals surface area contributed by atoms with Crippen molar-refractivity contribution in [2.75, 3.05) is 31.5 Å². The summed E-state index contributed by atoms with van der Waals surface area (Å²) in [7, 11) is -3.82.